The first kappa shape index (κ1) is 18.5. The van der Waals surface area contributed by atoms with E-state index < -0.39 is 31.2 Å². The van der Waals surface area contributed by atoms with Crippen molar-refractivity contribution in [2.24, 2.45) is 0 Å². The number of ether oxygens (including phenoxy) is 3. The fraction of sp³-hybridized carbons (Fsp3) is 0.250. The van der Waals surface area contributed by atoms with Crippen LogP contribution in [-0.2, 0) is 4.74 Å². The molecule has 2 aliphatic heterocycles. The molecule has 0 amide bonds. The number of aliphatic hydroxyl groups is 3. The molecular formula is C20H18O8. The van der Waals surface area contributed by atoms with Crippen molar-refractivity contribution in [3.63, 3.8) is 0 Å². The molecule has 4 atom stereocenters. The van der Waals surface area contributed by atoms with Crippen LogP contribution in [0.1, 0.15) is 15.9 Å². The van der Waals surface area contributed by atoms with Gasteiger partial charge in [0.25, 0.3) is 0 Å². The third kappa shape index (κ3) is 3.23. The summed E-state index contributed by atoms with van der Waals surface area (Å²) >= 11 is 0. The molecule has 0 aliphatic carbocycles. The Morgan fingerprint density at radius 2 is 1.89 bits per heavy atom. The maximum atomic E-state index is 12.3. The smallest absolute Gasteiger partial charge is 0.231 e. The Hall–Kier alpha value is -2.91. The summed E-state index contributed by atoms with van der Waals surface area (Å²) in [7, 11) is 0. The van der Waals surface area contributed by atoms with E-state index in [2.05, 4.69) is 0 Å². The summed E-state index contributed by atoms with van der Waals surface area (Å²) in [6, 6.07) is 11.3. The zero-order chi connectivity index (χ0) is 19.8. The number of benzene rings is 2. The van der Waals surface area contributed by atoms with Gasteiger partial charge >= 0.3 is 0 Å². The summed E-state index contributed by atoms with van der Waals surface area (Å²) in [4.78, 5) is 12.3. The second kappa shape index (κ2) is 7.25. The molecule has 4 rings (SSSR count). The Kier molecular flexibility index (Phi) is 4.78. The molecule has 2 heterocycles. The molecule has 0 aromatic heterocycles. The SMILES string of the molecule is O=C1C(=Cc2ccc(OC3OC(CO)C(O)C3O)c(O)c2)Oc2ccccc21. The molecule has 2 aliphatic rings. The Morgan fingerprint density at radius 3 is 2.57 bits per heavy atom. The fourth-order valence-corrected chi connectivity index (χ4v) is 3.10. The third-order valence-electron chi connectivity index (χ3n) is 4.60. The highest BCUT2D eigenvalue weighted by Gasteiger charge is 2.44. The Morgan fingerprint density at radius 1 is 1.11 bits per heavy atom. The van der Waals surface area contributed by atoms with Crippen LogP contribution in [0.4, 0.5) is 0 Å². The molecule has 0 radical (unpaired) electrons. The van der Waals surface area contributed by atoms with Crippen LogP contribution in [0.25, 0.3) is 6.08 Å². The molecular weight excluding hydrogens is 368 g/mol. The summed E-state index contributed by atoms with van der Waals surface area (Å²) in [5, 5.41) is 39.0. The lowest BCUT2D eigenvalue weighted by Gasteiger charge is -2.17. The highest BCUT2D eigenvalue weighted by molar-refractivity contribution is 6.14. The first-order chi connectivity index (χ1) is 13.5. The molecule has 4 unspecified atom stereocenters. The van der Waals surface area contributed by atoms with Gasteiger partial charge in [0.2, 0.25) is 12.1 Å². The molecule has 1 saturated heterocycles. The van der Waals surface area contributed by atoms with Crippen molar-refractivity contribution in [2.75, 3.05) is 6.61 Å². The number of phenols is 1. The average molecular weight is 386 g/mol. The maximum Gasteiger partial charge on any atom is 0.231 e. The molecule has 0 spiro atoms. The van der Waals surface area contributed by atoms with Gasteiger partial charge in [-0.25, -0.2) is 0 Å². The molecule has 2 aromatic carbocycles. The number of carbonyl (C=O) groups excluding carboxylic acids is 1. The van der Waals surface area contributed by atoms with E-state index >= 15 is 0 Å². The lowest BCUT2D eigenvalue weighted by Crippen LogP contribution is -2.35. The number of hydrogen-bond acceptors (Lipinski definition) is 8. The predicted octanol–water partition coefficient (Wildman–Crippen LogP) is 0.826. The van der Waals surface area contributed by atoms with E-state index in [4.69, 9.17) is 19.3 Å². The number of allylic oxidation sites excluding steroid dienone is 1. The molecule has 4 N–H and O–H groups in total. The number of aromatic hydroxyl groups is 1. The predicted molar refractivity (Wildman–Crippen MR) is 95.9 cm³/mol. The van der Waals surface area contributed by atoms with Crippen molar-refractivity contribution in [3.8, 4) is 17.2 Å². The molecule has 8 nitrogen and oxygen atoms in total. The van der Waals surface area contributed by atoms with Gasteiger partial charge in [-0.2, -0.15) is 0 Å². The van der Waals surface area contributed by atoms with E-state index in [1.165, 1.54) is 18.2 Å². The van der Waals surface area contributed by atoms with Gasteiger partial charge in [0.1, 0.15) is 24.1 Å². The minimum Gasteiger partial charge on any atom is -0.504 e. The molecule has 0 saturated carbocycles. The van der Waals surface area contributed by atoms with Crippen molar-refractivity contribution in [3.05, 3.63) is 59.4 Å². The van der Waals surface area contributed by atoms with Crippen molar-refractivity contribution < 1.29 is 39.4 Å². The van der Waals surface area contributed by atoms with Gasteiger partial charge in [0.05, 0.1) is 12.2 Å². The summed E-state index contributed by atoms with van der Waals surface area (Å²) in [5.74, 6) is 0.126. The average Bonchev–Trinajstić information content (AvgIpc) is 3.15. The Labute approximate surface area is 159 Å². The van der Waals surface area contributed by atoms with Gasteiger partial charge in [0.15, 0.2) is 17.3 Å². The van der Waals surface area contributed by atoms with Crippen LogP contribution in [0.15, 0.2) is 48.2 Å². The zero-order valence-electron chi connectivity index (χ0n) is 14.6. The van der Waals surface area contributed by atoms with Crippen LogP contribution in [0.2, 0.25) is 0 Å². The highest BCUT2D eigenvalue weighted by atomic mass is 16.7. The number of carbonyl (C=O) groups is 1. The van der Waals surface area contributed by atoms with E-state index in [1.54, 1.807) is 30.3 Å². The van der Waals surface area contributed by atoms with E-state index in [9.17, 15) is 20.1 Å². The number of para-hydroxylation sites is 1. The molecule has 8 heteroatoms. The number of phenolic OH excluding ortho intramolecular Hbond substituents is 1. The van der Waals surface area contributed by atoms with E-state index in [-0.39, 0.29) is 23.0 Å². The number of hydrogen-bond donors (Lipinski definition) is 4. The van der Waals surface area contributed by atoms with Gasteiger partial charge in [-0.15, -0.1) is 0 Å². The van der Waals surface area contributed by atoms with Crippen LogP contribution in [0.5, 0.6) is 17.2 Å². The number of rotatable bonds is 4. The van der Waals surface area contributed by atoms with E-state index in [0.29, 0.717) is 16.9 Å². The van der Waals surface area contributed by atoms with Crippen LogP contribution in [0.3, 0.4) is 0 Å². The molecule has 146 valence electrons. The van der Waals surface area contributed by atoms with Crippen molar-refractivity contribution >= 4 is 11.9 Å². The summed E-state index contributed by atoms with van der Waals surface area (Å²) in [6.07, 6.45) is -3.39. The van der Waals surface area contributed by atoms with Crippen LogP contribution in [0, 0.1) is 0 Å². The van der Waals surface area contributed by atoms with Crippen LogP contribution < -0.4 is 9.47 Å². The van der Waals surface area contributed by atoms with E-state index in [0.717, 1.165) is 0 Å². The lowest BCUT2D eigenvalue weighted by molar-refractivity contribution is -0.117. The maximum absolute atomic E-state index is 12.3. The van der Waals surface area contributed by atoms with Crippen LogP contribution in [-0.4, -0.2) is 57.4 Å². The first-order valence-corrected chi connectivity index (χ1v) is 8.63. The van der Waals surface area contributed by atoms with Gasteiger partial charge in [-0.1, -0.05) is 18.2 Å². The Balaban J connectivity index is 1.51. The summed E-state index contributed by atoms with van der Waals surface area (Å²) in [5.41, 5.74) is 0.976. The zero-order valence-corrected chi connectivity index (χ0v) is 14.6. The Bertz CT molecular complexity index is 938. The number of aliphatic hydroxyl groups excluding tert-OH is 3. The lowest BCUT2D eigenvalue weighted by atomic mass is 10.1. The second-order valence-electron chi connectivity index (χ2n) is 6.49. The first-order valence-electron chi connectivity index (χ1n) is 8.63. The second-order valence-corrected chi connectivity index (χ2v) is 6.49. The number of ketones is 1. The van der Waals surface area contributed by atoms with Gasteiger partial charge < -0.3 is 34.6 Å². The van der Waals surface area contributed by atoms with Crippen molar-refractivity contribution in [1.82, 2.24) is 0 Å². The van der Waals surface area contributed by atoms with Gasteiger partial charge in [-0.3, -0.25) is 4.79 Å². The minimum atomic E-state index is -1.37. The minimum absolute atomic E-state index is 0.0129. The van der Waals surface area contributed by atoms with Crippen molar-refractivity contribution in [2.45, 2.75) is 24.6 Å². The highest BCUT2D eigenvalue weighted by Crippen LogP contribution is 2.34. The molecule has 28 heavy (non-hydrogen) atoms. The topological polar surface area (TPSA) is 126 Å². The largest absolute Gasteiger partial charge is 0.504 e. The van der Waals surface area contributed by atoms with Gasteiger partial charge in [0, 0.05) is 0 Å². The molecule has 1 fully saturated rings. The van der Waals surface area contributed by atoms with E-state index in [1.807, 2.05) is 0 Å². The molecule has 2 aromatic rings. The number of Topliss-reactive ketones (excluding diaryl/α,β-unsaturated/α-hetero) is 1. The quantitative estimate of drug-likeness (QED) is 0.569. The van der Waals surface area contributed by atoms with Crippen molar-refractivity contribution in [1.29, 1.82) is 0 Å². The summed E-state index contributed by atoms with van der Waals surface area (Å²) in [6.45, 7) is -0.479. The number of fused-ring (bicyclic) bond motifs is 1. The third-order valence-corrected chi connectivity index (χ3v) is 4.60. The van der Waals surface area contributed by atoms with Gasteiger partial charge in [-0.05, 0) is 35.9 Å². The van der Waals surface area contributed by atoms with Crippen LogP contribution >= 0.6 is 0 Å². The monoisotopic (exact) mass is 386 g/mol. The molecule has 0 bridgehead atoms. The normalized spacial score (nSPS) is 27.7. The standard InChI is InChI=1S/C20H18O8/c21-9-16-18(24)19(25)20(28-16)27-14-6-5-10(7-12(14)22)8-15-17(23)11-3-1-2-4-13(11)26-15/h1-8,16,18-22,24-25H,9H2. The summed E-state index contributed by atoms with van der Waals surface area (Å²) < 4.78 is 16.2. The fourth-order valence-electron chi connectivity index (χ4n) is 3.10.